The summed E-state index contributed by atoms with van der Waals surface area (Å²) in [7, 11) is 0. The smallest absolute Gasteiger partial charge is 0.0121 e. The summed E-state index contributed by atoms with van der Waals surface area (Å²) in [6.07, 6.45) is 8.79. The van der Waals surface area contributed by atoms with E-state index in [-0.39, 0.29) is 0 Å². The lowest BCUT2D eigenvalue weighted by molar-refractivity contribution is 0.104. The maximum absolute atomic E-state index is 2.75. The van der Waals surface area contributed by atoms with Crippen LogP contribution in [0.25, 0.3) is 0 Å². The molecule has 0 N–H and O–H groups in total. The first kappa shape index (κ1) is 8.55. The third-order valence-electron chi connectivity index (χ3n) is 3.68. The van der Waals surface area contributed by atoms with E-state index in [0.717, 1.165) is 12.0 Å². The molecule has 70 valence electrons. The van der Waals surface area contributed by atoms with E-state index < -0.39 is 0 Å². The van der Waals surface area contributed by atoms with Crippen LogP contribution in [0.15, 0.2) is 0 Å². The Labute approximate surface area is 76.1 Å². The van der Waals surface area contributed by atoms with Crippen LogP contribution in [0.1, 0.15) is 45.4 Å². The normalized spacial score (nSPS) is 38.8. The van der Waals surface area contributed by atoms with Gasteiger partial charge in [0.1, 0.15) is 0 Å². The van der Waals surface area contributed by atoms with Crippen molar-refractivity contribution in [3.8, 4) is 0 Å². The molecule has 2 aliphatic rings. The SMILES string of the molecule is CC1CCCN2CCCCCC12. The van der Waals surface area contributed by atoms with E-state index in [2.05, 4.69) is 11.8 Å². The molecule has 2 saturated heterocycles. The van der Waals surface area contributed by atoms with Gasteiger partial charge in [-0.2, -0.15) is 0 Å². The largest absolute Gasteiger partial charge is 0.300 e. The lowest BCUT2D eigenvalue weighted by Crippen LogP contribution is -2.43. The highest BCUT2D eigenvalue weighted by Gasteiger charge is 2.28. The second-order valence-corrected chi connectivity index (χ2v) is 4.57. The van der Waals surface area contributed by atoms with Crippen molar-refractivity contribution >= 4 is 0 Å². The van der Waals surface area contributed by atoms with Crippen molar-refractivity contribution in [2.24, 2.45) is 5.92 Å². The van der Waals surface area contributed by atoms with E-state index >= 15 is 0 Å². The first-order valence-electron chi connectivity index (χ1n) is 5.62. The number of piperidine rings is 1. The van der Waals surface area contributed by atoms with Crippen LogP contribution >= 0.6 is 0 Å². The summed E-state index contributed by atoms with van der Waals surface area (Å²) in [5.74, 6) is 0.969. The third kappa shape index (κ3) is 1.66. The number of fused-ring (bicyclic) bond motifs is 1. The first-order chi connectivity index (χ1) is 5.88. The van der Waals surface area contributed by atoms with Gasteiger partial charge in [0.25, 0.3) is 0 Å². The molecular weight excluding hydrogens is 146 g/mol. The van der Waals surface area contributed by atoms with Gasteiger partial charge in [0, 0.05) is 6.04 Å². The molecule has 0 aromatic carbocycles. The summed E-state index contributed by atoms with van der Waals surface area (Å²) in [6.45, 7) is 5.21. The lowest BCUT2D eigenvalue weighted by atomic mass is 9.88. The zero-order valence-electron chi connectivity index (χ0n) is 8.26. The standard InChI is InChI=1S/C11H21N/c1-10-6-5-9-12-8-4-2-3-7-11(10)12/h10-11H,2-9H2,1H3. The van der Waals surface area contributed by atoms with E-state index in [1.807, 2.05) is 0 Å². The predicted octanol–water partition coefficient (Wildman–Crippen LogP) is 2.66. The molecule has 1 nitrogen and oxygen atoms in total. The molecule has 0 radical (unpaired) electrons. The summed E-state index contributed by atoms with van der Waals surface area (Å²) in [6, 6.07) is 0.946. The van der Waals surface area contributed by atoms with E-state index in [4.69, 9.17) is 0 Å². The number of nitrogens with zero attached hydrogens (tertiary/aromatic N) is 1. The fraction of sp³-hybridized carbons (Fsp3) is 1.00. The van der Waals surface area contributed by atoms with Gasteiger partial charge in [-0.15, -0.1) is 0 Å². The average molecular weight is 167 g/mol. The monoisotopic (exact) mass is 167 g/mol. The Kier molecular flexibility index (Phi) is 2.69. The summed E-state index contributed by atoms with van der Waals surface area (Å²) >= 11 is 0. The Bertz CT molecular complexity index is 144. The molecule has 0 aliphatic carbocycles. The lowest BCUT2D eigenvalue weighted by Gasteiger charge is -2.38. The summed E-state index contributed by atoms with van der Waals surface area (Å²) in [4.78, 5) is 2.75. The Hall–Kier alpha value is -0.0400. The van der Waals surface area contributed by atoms with Crippen molar-refractivity contribution in [1.82, 2.24) is 4.90 Å². The second kappa shape index (κ2) is 3.78. The van der Waals surface area contributed by atoms with Crippen molar-refractivity contribution in [2.75, 3.05) is 13.1 Å². The van der Waals surface area contributed by atoms with E-state index in [9.17, 15) is 0 Å². The zero-order valence-corrected chi connectivity index (χ0v) is 8.26. The van der Waals surface area contributed by atoms with Crippen LogP contribution in [0.3, 0.4) is 0 Å². The Morgan fingerprint density at radius 3 is 2.67 bits per heavy atom. The van der Waals surface area contributed by atoms with Crippen molar-refractivity contribution in [3.63, 3.8) is 0 Å². The van der Waals surface area contributed by atoms with Crippen LogP contribution in [-0.4, -0.2) is 24.0 Å². The molecule has 2 unspecified atom stereocenters. The molecule has 2 atom stereocenters. The predicted molar refractivity (Wildman–Crippen MR) is 52.2 cm³/mol. The Morgan fingerprint density at radius 2 is 1.75 bits per heavy atom. The summed E-state index contributed by atoms with van der Waals surface area (Å²) in [5.41, 5.74) is 0. The average Bonchev–Trinajstić information content (AvgIpc) is 2.30. The van der Waals surface area contributed by atoms with Crippen molar-refractivity contribution in [3.05, 3.63) is 0 Å². The minimum Gasteiger partial charge on any atom is -0.300 e. The second-order valence-electron chi connectivity index (χ2n) is 4.57. The van der Waals surface area contributed by atoms with Crippen LogP contribution in [0.4, 0.5) is 0 Å². The maximum atomic E-state index is 2.75. The molecule has 0 aromatic rings. The van der Waals surface area contributed by atoms with E-state index in [1.54, 1.807) is 0 Å². The molecule has 1 heteroatoms. The molecule has 2 heterocycles. The van der Waals surface area contributed by atoms with Crippen molar-refractivity contribution in [1.29, 1.82) is 0 Å². The van der Waals surface area contributed by atoms with Gasteiger partial charge in [-0.3, -0.25) is 0 Å². The molecule has 0 spiro atoms. The van der Waals surface area contributed by atoms with Crippen LogP contribution in [0.5, 0.6) is 0 Å². The molecule has 2 aliphatic heterocycles. The third-order valence-corrected chi connectivity index (χ3v) is 3.68. The van der Waals surface area contributed by atoms with Gasteiger partial charge in [0.05, 0.1) is 0 Å². The van der Waals surface area contributed by atoms with Gasteiger partial charge < -0.3 is 4.90 Å². The van der Waals surface area contributed by atoms with Crippen molar-refractivity contribution in [2.45, 2.75) is 51.5 Å². The van der Waals surface area contributed by atoms with Gasteiger partial charge >= 0.3 is 0 Å². The number of hydrogen-bond donors (Lipinski definition) is 0. The highest BCUT2D eigenvalue weighted by molar-refractivity contribution is 4.83. The molecule has 0 saturated carbocycles. The molecule has 2 fully saturated rings. The molecule has 0 amide bonds. The van der Waals surface area contributed by atoms with Gasteiger partial charge in [-0.05, 0) is 44.7 Å². The zero-order chi connectivity index (χ0) is 8.39. The number of hydrogen-bond acceptors (Lipinski definition) is 1. The highest BCUT2D eigenvalue weighted by Crippen LogP contribution is 2.29. The van der Waals surface area contributed by atoms with Gasteiger partial charge in [-0.1, -0.05) is 19.8 Å². The van der Waals surface area contributed by atoms with Gasteiger partial charge in [0.15, 0.2) is 0 Å². The molecule has 0 bridgehead atoms. The van der Waals surface area contributed by atoms with Crippen LogP contribution < -0.4 is 0 Å². The van der Waals surface area contributed by atoms with Crippen LogP contribution in [0.2, 0.25) is 0 Å². The van der Waals surface area contributed by atoms with Gasteiger partial charge in [0.2, 0.25) is 0 Å². The van der Waals surface area contributed by atoms with Crippen LogP contribution in [0, 0.1) is 5.92 Å². The summed E-state index contributed by atoms with van der Waals surface area (Å²) < 4.78 is 0. The molecule has 2 rings (SSSR count). The maximum Gasteiger partial charge on any atom is 0.0121 e. The van der Waals surface area contributed by atoms with E-state index in [1.165, 1.54) is 51.6 Å². The Balaban J connectivity index is 2.00. The molecule has 12 heavy (non-hydrogen) atoms. The number of rotatable bonds is 0. The summed E-state index contributed by atoms with van der Waals surface area (Å²) in [5, 5.41) is 0. The van der Waals surface area contributed by atoms with E-state index in [0.29, 0.717) is 0 Å². The quantitative estimate of drug-likeness (QED) is 0.536. The van der Waals surface area contributed by atoms with Gasteiger partial charge in [-0.25, -0.2) is 0 Å². The highest BCUT2D eigenvalue weighted by atomic mass is 15.2. The molecular formula is C11H21N. The van der Waals surface area contributed by atoms with Crippen LogP contribution in [-0.2, 0) is 0 Å². The first-order valence-corrected chi connectivity index (χ1v) is 5.62. The minimum absolute atomic E-state index is 0.946. The van der Waals surface area contributed by atoms with Crippen molar-refractivity contribution < 1.29 is 0 Å². The minimum atomic E-state index is 0.946. The fourth-order valence-electron chi connectivity index (χ4n) is 2.92. The Morgan fingerprint density at radius 1 is 0.917 bits per heavy atom. The molecule has 0 aromatic heterocycles. The topological polar surface area (TPSA) is 3.24 Å². The fourth-order valence-corrected chi connectivity index (χ4v) is 2.92.